The predicted molar refractivity (Wildman–Crippen MR) is 200 cm³/mol. The van der Waals surface area contributed by atoms with Gasteiger partial charge in [0, 0.05) is 45.7 Å². The molecule has 4 nitrogen and oxygen atoms in total. The zero-order valence-corrected chi connectivity index (χ0v) is 28.0. The van der Waals surface area contributed by atoms with Crippen molar-refractivity contribution in [2.24, 2.45) is 11.8 Å². The lowest BCUT2D eigenvalue weighted by molar-refractivity contribution is 0.440. The summed E-state index contributed by atoms with van der Waals surface area (Å²) >= 11 is 0. The van der Waals surface area contributed by atoms with Crippen molar-refractivity contribution in [2.75, 3.05) is 9.80 Å². The minimum Gasteiger partial charge on any atom is -0.332 e. The number of rotatable bonds is 5. The fourth-order valence-corrected chi connectivity index (χ4v) is 8.77. The van der Waals surface area contributed by atoms with Crippen LogP contribution >= 0.6 is 0 Å². The molecule has 0 saturated heterocycles. The Morgan fingerprint density at radius 2 is 1.22 bits per heavy atom. The second-order valence-corrected chi connectivity index (χ2v) is 14.0. The maximum atomic E-state index is 9.53. The second-order valence-electron chi connectivity index (χ2n) is 14.0. The monoisotopic (exact) mass is 642 g/mol. The molecule has 0 N–H and O–H groups in total. The smallest absolute Gasteiger partial charge is 0.0991 e. The van der Waals surface area contributed by atoms with Crippen molar-refractivity contribution in [3.8, 4) is 12.1 Å². The van der Waals surface area contributed by atoms with Gasteiger partial charge >= 0.3 is 0 Å². The molecule has 3 unspecified atom stereocenters. The Balaban J connectivity index is 1.19. The fourth-order valence-electron chi connectivity index (χ4n) is 8.77. The van der Waals surface area contributed by atoms with Crippen LogP contribution in [0.2, 0.25) is 0 Å². The molecule has 1 aliphatic heterocycles. The summed E-state index contributed by atoms with van der Waals surface area (Å²) in [7, 11) is 0. The van der Waals surface area contributed by atoms with Crippen molar-refractivity contribution in [1.82, 2.24) is 0 Å². The maximum absolute atomic E-state index is 9.53. The molecule has 0 amide bonds. The van der Waals surface area contributed by atoms with Crippen LogP contribution < -0.4 is 9.80 Å². The van der Waals surface area contributed by atoms with E-state index in [2.05, 4.69) is 139 Å². The minimum absolute atomic E-state index is 0.111. The van der Waals surface area contributed by atoms with Gasteiger partial charge in [-0.15, -0.1) is 0 Å². The number of nitriles is 2. The summed E-state index contributed by atoms with van der Waals surface area (Å²) in [5, 5.41) is 19.1. The van der Waals surface area contributed by atoms with E-state index >= 15 is 0 Å². The molecule has 4 aromatic rings. The number of para-hydroxylation sites is 1. The van der Waals surface area contributed by atoms with Crippen molar-refractivity contribution >= 4 is 17.1 Å². The van der Waals surface area contributed by atoms with Crippen LogP contribution in [0.5, 0.6) is 0 Å². The van der Waals surface area contributed by atoms with E-state index in [0.717, 1.165) is 17.1 Å². The number of hydrogen-bond donors (Lipinski definition) is 0. The first-order valence-corrected chi connectivity index (χ1v) is 17.2. The topological polar surface area (TPSA) is 54.1 Å². The molecule has 0 spiro atoms. The van der Waals surface area contributed by atoms with Crippen molar-refractivity contribution in [3.05, 3.63) is 208 Å². The first-order chi connectivity index (χ1) is 24.5. The Hall–Kier alpha value is -6.36. The van der Waals surface area contributed by atoms with Crippen molar-refractivity contribution in [1.29, 1.82) is 10.5 Å². The second kappa shape index (κ2) is 11.4. The van der Waals surface area contributed by atoms with Crippen LogP contribution in [0, 0.1) is 34.5 Å². The quantitative estimate of drug-likeness (QED) is 0.217. The van der Waals surface area contributed by atoms with Gasteiger partial charge in [-0.3, -0.25) is 0 Å². The van der Waals surface area contributed by atoms with E-state index in [1.807, 2.05) is 48.5 Å². The number of hydrogen-bond acceptors (Lipinski definition) is 4. The van der Waals surface area contributed by atoms with Gasteiger partial charge in [-0.1, -0.05) is 98.8 Å². The molecule has 50 heavy (non-hydrogen) atoms. The van der Waals surface area contributed by atoms with Gasteiger partial charge in [0.1, 0.15) is 0 Å². The zero-order chi connectivity index (χ0) is 34.0. The summed E-state index contributed by atoms with van der Waals surface area (Å²) in [5.41, 5.74) is 14.5. The Labute approximate surface area is 293 Å². The highest BCUT2D eigenvalue weighted by Gasteiger charge is 2.49. The summed E-state index contributed by atoms with van der Waals surface area (Å²) in [6.45, 7) is 4.76. The molecule has 9 rings (SSSR count). The average molecular weight is 643 g/mol. The fraction of sp³-hybridized carbons (Fsp3) is 0.130. The molecule has 4 aromatic carbocycles. The molecule has 3 atom stereocenters. The Morgan fingerprint density at radius 3 is 1.90 bits per heavy atom. The van der Waals surface area contributed by atoms with Crippen LogP contribution in [0.1, 0.15) is 42.1 Å². The van der Waals surface area contributed by atoms with Gasteiger partial charge in [0.25, 0.3) is 0 Å². The zero-order valence-electron chi connectivity index (χ0n) is 28.0. The van der Waals surface area contributed by atoms with Crippen LogP contribution in [0.25, 0.3) is 0 Å². The van der Waals surface area contributed by atoms with E-state index in [1.165, 1.54) is 44.8 Å². The average Bonchev–Trinajstić information content (AvgIpc) is 3.41. The van der Waals surface area contributed by atoms with Crippen LogP contribution in [0.4, 0.5) is 17.1 Å². The summed E-state index contributed by atoms with van der Waals surface area (Å²) in [5.74, 6) is 0.293. The van der Waals surface area contributed by atoms with Crippen LogP contribution in [-0.4, -0.2) is 0 Å². The SMILES string of the molecule is CC1(C)c2ccccc2N(C2=C3C=CC4=CC=C(N(c5ccc(C#N)cc5)c5ccc(C#N)cc5)C5=CC=C(C=C2)C3C45)C1c1ccccc1. The summed E-state index contributed by atoms with van der Waals surface area (Å²) < 4.78 is 0. The van der Waals surface area contributed by atoms with Crippen LogP contribution in [-0.2, 0) is 5.41 Å². The summed E-state index contributed by atoms with van der Waals surface area (Å²) in [4.78, 5) is 4.86. The third-order valence-electron chi connectivity index (χ3n) is 11.0. The molecule has 4 heteroatoms. The first kappa shape index (κ1) is 29.8. The summed E-state index contributed by atoms with van der Waals surface area (Å²) in [6.07, 6.45) is 18.4. The highest BCUT2D eigenvalue weighted by atomic mass is 15.2. The molecule has 238 valence electrons. The van der Waals surface area contributed by atoms with Crippen molar-refractivity contribution in [2.45, 2.75) is 25.3 Å². The predicted octanol–water partition coefficient (Wildman–Crippen LogP) is 10.4. The van der Waals surface area contributed by atoms with Gasteiger partial charge in [0.05, 0.1) is 29.3 Å². The number of allylic oxidation sites excluding steroid dienone is 12. The molecule has 0 aromatic heterocycles. The lowest BCUT2D eigenvalue weighted by Crippen LogP contribution is -2.38. The molecule has 0 saturated carbocycles. The summed E-state index contributed by atoms with van der Waals surface area (Å²) in [6, 6.07) is 40.0. The molecular weight excluding hydrogens is 609 g/mol. The lowest BCUT2D eigenvalue weighted by atomic mass is 9.63. The maximum Gasteiger partial charge on any atom is 0.0991 e. The van der Waals surface area contributed by atoms with Gasteiger partial charge in [0.2, 0.25) is 0 Å². The molecule has 1 heterocycles. The van der Waals surface area contributed by atoms with Gasteiger partial charge in [-0.05, 0) is 100 Å². The lowest BCUT2D eigenvalue weighted by Gasteiger charge is -2.45. The standard InChI is InChI=1S/C46H34N4/c1-46(2)39-10-6-7-11-42(39)50(45(46)34-8-4-3-5-9-34)41-27-19-33-16-24-37-40(26-18-32-17-25-38(41)44(33)43(32)37)49(35-20-12-30(28-47)13-21-35)36-22-14-31(29-48)15-23-36/h3-27,43-45H,1-2H3. The Morgan fingerprint density at radius 1 is 0.620 bits per heavy atom. The van der Waals surface area contributed by atoms with E-state index in [9.17, 15) is 10.5 Å². The molecule has 0 bridgehead atoms. The van der Waals surface area contributed by atoms with E-state index in [1.54, 1.807) is 0 Å². The van der Waals surface area contributed by atoms with Crippen LogP contribution in [0.15, 0.2) is 185 Å². The third-order valence-corrected chi connectivity index (χ3v) is 11.0. The van der Waals surface area contributed by atoms with Gasteiger partial charge in [-0.25, -0.2) is 0 Å². The third kappa shape index (κ3) is 4.43. The van der Waals surface area contributed by atoms with Gasteiger partial charge in [0.15, 0.2) is 0 Å². The number of fused-ring (bicyclic) bond motifs is 1. The number of anilines is 3. The largest absolute Gasteiger partial charge is 0.332 e. The highest BCUT2D eigenvalue weighted by molar-refractivity contribution is 5.78. The Bertz CT molecular complexity index is 2310. The molecule has 5 aliphatic rings. The van der Waals surface area contributed by atoms with Gasteiger partial charge < -0.3 is 9.80 Å². The normalized spacial score (nSPS) is 21.9. The van der Waals surface area contributed by atoms with Gasteiger partial charge in [-0.2, -0.15) is 10.5 Å². The molecule has 0 radical (unpaired) electrons. The highest BCUT2D eigenvalue weighted by Crippen LogP contribution is 2.58. The molecular formula is C46H34N4. The van der Waals surface area contributed by atoms with Crippen LogP contribution in [0.3, 0.4) is 0 Å². The first-order valence-electron chi connectivity index (χ1n) is 17.2. The Kier molecular flexibility index (Phi) is 6.77. The molecule has 4 aliphatic carbocycles. The number of benzene rings is 4. The van der Waals surface area contributed by atoms with E-state index in [0.29, 0.717) is 11.1 Å². The van der Waals surface area contributed by atoms with Crippen molar-refractivity contribution in [3.63, 3.8) is 0 Å². The minimum atomic E-state index is -0.111. The molecule has 0 fully saturated rings. The van der Waals surface area contributed by atoms with E-state index < -0.39 is 0 Å². The number of nitrogens with zero attached hydrogens (tertiary/aromatic N) is 4. The van der Waals surface area contributed by atoms with E-state index in [4.69, 9.17) is 0 Å². The van der Waals surface area contributed by atoms with E-state index in [-0.39, 0.29) is 23.3 Å². The van der Waals surface area contributed by atoms with Crippen molar-refractivity contribution < 1.29 is 0 Å².